The zero-order valence-corrected chi connectivity index (χ0v) is 14.6. The normalized spacial score (nSPS) is 12.8. The number of ether oxygens (including phenoxy) is 1. The van der Waals surface area contributed by atoms with Crippen LogP contribution in [0.1, 0.15) is 23.1 Å². The smallest absolute Gasteiger partial charge is 0.262 e. The highest BCUT2D eigenvalue weighted by Gasteiger charge is 2.18. The molecule has 5 heteroatoms. The lowest BCUT2D eigenvalue weighted by atomic mass is 10.1. The molecule has 5 nitrogen and oxygen atoms in total. The molecular weight excluding hydrogens is 328 g/mol. The number of anilines is 1. The van der Waals surface area contributed by atoms with E-state index in [1.54, 1.807) is 6.07 Å². The number of fused-ring (bicyclic) bond motifs is 3. The van der Waals surface area contributed by atoms with E-state index in [0.717, 1.165) is 46.9 Å². The van der Waals surface area contributed by atoms with E-state index in [9.17, 15) is 9.59 Å². The van der Waals surface area contributed by atoms with E-state index in [-0.39, 0.29) is 18.1 Å². The van der Waals surface area contributed by atoms with Gasteiger partial charge in [-0.2, -0.15) is 0 Å². The van der Waals surface area contributed by atoms with Gasteiger partial charge < -0.3 is 15.0 Å². The van der Waals surface area contributed by atoms with Crippen molar-refractivity contribution in [2.24, 2.45) is 0 Å². The van der Waals surface area contributed by atoms with Gasteiger partial charge in [0, 0.05) is 16.6 Å². The van der Waals surface area contributed by atoms with Crippen molar-refractivity contribution < 1.29 is 9.53 Å². The average Bonchev–Trinajstić information content (AvgIpc) is 3.12. The summed E-state index contributed by atoms with van der Waals surface area (Å²) in [4.78, 5) is 27.2. The van der Waals surface area contributed by atoms with Crippen LogP contribution < -0.4 is 15.6 Å². The summed E-state index contributed by atoms with van der Waals surface area (Å²) in [5, 5.41) is 3.88. The fourth-order valence-corrected chi connectivity index (χ4v) is 3.46. The number of pyridine rings is 1. The molecule has 1 aliphatic rings. The minimum absolute atomic E-state index is 0.0174. The van der Waals surface area contributed by atoms with Gasteiger partial charge in [0.15, 0.2) is 6.61 Å². The molecule has 4 rings (SSSR count). The Labute approximate surface area is 151 Å². The second-order valence-corrected chi connectivity index (χ2v) is 6.68. The van der Waals surface area contributed by atoms with E-state index >= 15 is 0 Å². The molecule has 1 aliphatic carbocycles. The maximum atomic E-state index is 12.2. The number of benzene rings is 2. The van der Waals surface area contributed by atoms with Crippen molar-refractivity contribution in [2.45, 2.75) is 26.2 Å². The second-order valence-electron chi connectivity index (χ2n) is 6.68. The summed E-state index contributed by atoms with van der Waals surface area (Å²) in [6.07, 6.45) is 2.80. The van der Waals surface area contributed by atoms with Crippen LogP contribution in [-0.4, -0.2) is 17.5 Å². The van der Waals surface area contributed by atoms with Crippen LogP contribution in [-0.2, 0) is 17.6 Å². The number of aromatic nitrogens is 1. The Bertz CT molecular complexity index is 1040. The van der Waals surface area contributed by atoms with E-state index in [1.807, 2.05) is 43.3 Å². The van der Waals surface area contributed by atoms with Crippen molar-refractivity contribution in [2.75, 3.05) is 11.9 Å². The van der Waals surface area contributed by atoms with E-state index in [2.05, 4.69) is 10.3 Å². The quantitative estimate of drug-likeness (QED) is 0.760. The lowest BCUT2D eigenvalue weighted by Gasteiger charge is -2.10. The van der Waals surface area contributed by atoms with Crippen molar-refractivity contribution in [3.63, 3.8) is 0 Å². The van der Waals surface area contributed by atoms with Crippen LogP contribution in [0.25, 0.3) is 10.9 Å². The Morgan fingerprint density at radius 1 is 1.12 bits per heavy atom. The maximum absolute atomic E-state index is 12.2. The number of hydrogen-bond acceptors (Lipinski definition) is 3. The first-order valence-electron chi connectivity index (χ1n) is 8.77. The number of carbonyl (C=O) groups is 1. The van der Waals surface area contributed by atoms with Crippen molar-refractivity contribution in [1.29, 1.82) is 0 Å². The molecule has 0 radical (unpaired) electrons. The highest BCUT2D eigenvalue weighted by Crippen LogP contribution is 2.27. The highest BCUT2D eigenvalue weighted by atomic mass is 16.5. The zero-order valence-electron chi connectivity index (χ0n) is 14.6. The molecule has 0 atom stereocenters. The fourth-order valence-electron chi connectivity index (χ4n) is 3.46. The predicted molar refractivity (Wildman–Crippen MR) is 102 cm³/mol. The van der Waals surface area contributed by atoms with Crippen molar-refractivity contribution in [1.82, 2.24) is 4.98 Å². The minimum Gasteiger partial charge on any atom is -0.484 e. The zero-order chi connectivity index (χ0) is 18.1. The van der Waals surface area contributed by atoms with Gasteiger partial charge in [0.1, 0.15) is 5.75 Å². The highest BCUT2D eigenvalue weighted by molar-refractivity contribution is 5.95. The van der Waals surface area contributed by atoms with E-state index in [4.69, 9.17) is 4.74 Å². The van der Waals surface area contributed by atoms with Gasteiger partial charge in [0.05, 0.1) is 5.52 Å². The molecule has 1 amide bonds. The molecule has 2 aromatic carbocycles. The van der Waals surface area contributed by atoms with E-state index in [1.165, 1.54) is 0 Å². The van der Waals surface area contributed by atoms with Crippen LogP contribution in [0.4, 0.5) is 5.69 Å². The number of rotatable bonds is 4. The summed E-state index contributed by atoms with van der Waals surface area (Å²) in [6.45, 7) is 1.93. The summed E-state index contributed by atoms with van der Waals surface area (Å²) < 4.78 is 5.49. The molecule has 2 N–H and O–H groups in total. The molecule has 3 aromatic rings. The van der Waals surface area contributed by atoms with E-state index in [0.29, 0.717) is 11.4 Å². The third-order valence-corrected chi connectivity index (χ3v) is 4.76. The topological polar surface area (TPSA) is 71.2 Å². The Kier molecular flexibility index (Phi) is 4.21. The Morgan fingerprint density at radius 2 is 1.88 bits per heavy atom. The summed E-state index contributed by atoms with van der Waals surface area (Å²) in [6, 6.07) is 13.2. The van der Waals surface area contributed by atoms with Crippen LogP contribution in [0.3, 0.4) is 0 Å². The molecule has 0 spiro atoms. The second kappa shape index (κ2) is 6.67. The van der Waals surface area contributed by atoms with Gasteiger partial charge in [0.2, 0.25) is 0 Å². The number of amides is 1. The average molecular weight is 348 g/mol. The van der Waals surface area contributed by atoms with E-state index < -0.39 is 0 Å². The number of nitrogens with one attached hydrogen (secondary N) is 2. The first-order chi connectivity index (χ1) is 12.6. The molecule has 0 aliphatic heterocycles. The van der Waals surface area contributed by atoms with Crippen LogP contribution in [0, 0.1) is 6.92 Å². The minimum atomic E-state index is -0.242. The number of H-pyrrole nitrogens is 1. The number of carbonyl (C=O) groups excluding carboxylic acids is 1. The summed E-state index contributed by atoms with van der Waals surface area (Å²) in [5.41, 5.74) is 4.57. The first kappa shape index (κ1) is 16.4. The molecule has 1 heterocycles. The van der Waals surface area contributed by atoms with Crippen molar-refractivity contribution in [3.05, 3.63) is 69.5 Å². The van der Waals surface area contributed by atoms with Gasteiger partial charge in [-0.25, -0.2) is 0 Å². The molecular formula is C21H20N2O3. The number of hydrogen-bond donors (Lipinski definition) is 2. The predicted octanol–water partition coefficient (Wildman–Crippen LogP) is 3.34. The lowest BCUT2D eigenvalue weighted by molar-refractivity contribution is -0.118. The standard InChI is InChI=1S/C21H20N2O3/c1-13-5-8-15(9-6-13)26-12-20(24)22-14-7-10-17-16-3-2-4-18(16)21(25)23-19(17)11-14/h5-11H,2-4,12H2,1H3,(H,22,24)(H,23,25). The van der Waals surface area contributed by atoms with Gasteiger partial charge in [-0.1, -0.05) is 23.8 Å². The third-order valence-electron chi connectivity index (χ3n) is 4.76. The Hall–Kier alpha value is -3.08. The maximum Gasteiger partial charge on any atom is 0.262 e. The van der Waals surface area contributed by atoms with Crippen LogP contribution in [0.2, 0.25) is 0 Å². The first-order valence-corrected chi connectivity index (χ1v) is 8.77. The lowest BCUT2D eigenvalue weighted by Crippen LogP contribution is -2.20. The fraction of sp³-hybridized carbons (Fsp3) is 0.238. The molecule has 0 saturated heterocycles. The molecule has 0 fully saturated rings. The molecule has 0 bridgehead atoms. The number of aryl methyl sites for hydroxylation is 2. The summed E-state index contributed by atoms with van der Waals surface area (Å²) in [7, 11) is 0. The Morgan fingerprint density at radius 3 is 2.69 bits per heavy atom. The van der Waals surface area contributed by atoms with Crippen molar-refractivity contribution >= 4 is 22.5 Å². The molecule has 26 heavy (non-hydrogen) atoms. The SMILES string of the molecule is Cc1ccc(OCC(=O)Nc2ccc3c4c(c(=O)[nH]c3c2)CCC4)cc1. The summed E-state index contributed by atoms with van der Waals surface area (Å²) in [5.74, 6) is 0.414. The van der Waals surface area contributed by atoms with Gasteiger partial charge in [-0.05, 0) is 56.0 Å². The Balaban J connectivity index is 1.48. The van der Waals surface area contributed by atoms with Crippen LogP contribution in [0.5, 0.6) is 5.75 Å². The van der Waals surface area contributed by atoms with Gasteiger partial charge >= 0.3 is 0 Å². The largest absolute Gasteiger partial charge is 0.484 e. The van der Waals surface area contributed by atoms with Gasteiger partial charge in [-0.3, -0.25) is 9.59 Å². The van der Waals surface area contributed by atoms with Gasteiger partial charge in [-0.15, -0.1) is 0 Å². The molecule has 132 valence electrons. The van der Waals surface area contributed by atoms with Gasteiger partial charge in [0.25, 0.3) is 11.5 Å². The summed E-state index contributed by atoms with van der Waals surface area (Å²) >= 11 is 0. The number of aromatic amines is 1. The van der Waals surface area contributed by atoms with Crippen LogP contribution >= 0.6 is 0 Å². The van der Waals surface area contributed by atoms with Crippen molar-refractivity contribution in [3.8, 4) is 5.75 Å². The van der Waals surface area contributed by atoms with Crippen LogP contribution in [0.15, 0.2) is 47.3 Å². The molecule has 0 saturated carbocycles. The monoisotopic (exact) mass is 348 g/mol. The molecule has 1 aromatic heterocycles. The third kappa shape index (κ3) is 3.20. The molecule has 0 unspecified atom stereocenters.